The molecular formula is C42H69NO4S. The van der Waals surface area contributed by atoms with E-state index in [-0.39, 0.29) is 29.3 Å². The van der Waals surface area contributed by atoms with Gasteiger partial charge < -0.3 is 14.7 Å². The van der Waals surface area contributed by atoms with Crippen molar-refractivity contribution in [2.24, 2.45) is 62.1 Å². The van der Waals surface area contributed by atoms with Crippen molar-refractivity contribution >= 4 is 28.3 Å². The molecule has 1 N–H and O–H groups in total. The van der Waals surface area contributed by atoms with Gasteiger partial charge in [-0.25, -0.2) is 0 Å². The number of fused-ring (bicyclic) bond motifs is 7. The molecule has 0 aromatic heterocycles. The van der Waals surface area contributed by atoms with Crippen LogP contribution in [-0.2, 0) is 14.3 Å². The van der Waals surface area contributed by atoms with Gasteiger partial charge in [-0.15, -0.1) is 0 Å². The minimum absolute atomic E-state index is 0.0832. The van der Waals surface area contributed by atoms with E-state index in [1.54, 1.807) is 13.8 Å². The highest BCUT2D eigenvalue weighted by molar-refractivity contribution is 8.14. The van der Waals surface area contributed by atoms with Crippen LogP contribution in [0, 0.1) is 62.1 Å². The Kier molecular flexibility index (Phi) is 9.56. The van der Waals surface area contributed by atoms with Gasteiger partial charge in [0.15, 0.2) is 0 Å². The number of hydrogen-bond acceptors (Lipinski definition) is 4. The highest BCUT2D eigenvalue weighted by Gasteiger charge is 2.71. The van der Waals surface area contributed by atoms with Crippen LogP contribution in [0.3, 0.4) is 0 Å². The van der Waals surface area contributed by atoms with Crippen LogP contribution in [0.2, 0.25) is 0 Å². The standard InChI is InChI=1S/C42H69NO4S/c1-28(2)29-13-18-42(21-22-43-23-25-48(10)26-24-43)20-19-40(8)30(35(29)42)11-12-32-39(7)16-15-33(47-34(44)27-37(3,4)36(45)46)38(5,6)31(39)14-17-41(32,40)9/h29-33,35H,1,10-27H2,2-9H3,(H,45,46)/t29-,30+,31-,32+,33-,35+,39-,40+,41+,42+/m0/s1. The van der Waals surface area contributed by atoms with Gasteiger partial charge in [0.25, 0.3) is 0 Å². The van der Waals surface area contributed by atoms with Crippen molar-refractivity contribution in [1.29, 1.82) is 0 Å². The number of esters is 1. The highest BCUT2D eigenvalue weighted by atomic mass is 32.2. The molecule has 1 saturated heterocycles. The molecule has 0 radical (unpaired) electrons. The smallest absolute Gasteiger partial charge is 0.309 e. The second kappa shape index (κ2) is 12.5. The Morgan fingerprint density at radius 2 is 1.58 bits per heavy atom. The van der Waals surface area contributed by atoms with Crippen molar-refractivity contribution in [3.8, 4) is 0 Å². The van der Waals surface area contributed by atoms with E-state index in [0.717, 1.165) is 24.7 Å². The maximum absolute atomic E-state index is 13.1. The maximum atomic E-state index is 13.1. The van der Waals surface area contributed by atoms with Gasteiger partial charge in [-0.3, -0.25) is 9.59 Å². The monoisotopic (exact) mass is 683 g/mol. The average molecular weight is 684 g/mol. The lowest BCUT2D eigenvalue weighted by Crippen LogP contribution is -2.66. The van der Waals surface area contributed by atoms with Gasteiger partial charge in [-0.05, 0) is 149 Å². The van der Waals surface area contributed by atoms with Crippen LogP contribution in [0.1, 0.15) is 132 Å². The van der Waals surface area contributed by atoms with Crippen LogP contribution in [0.15, 0.2) is 12.2 Å². The second-order valence-electron chi connectivity index (χ2n) is 19.9. The summed E-state index contributed by atoms with van der Waals surface area (Å²) in [6.07, 6.45) is 13.7. The lowest BCUT2D eigenvalue weighted by atomic mass is 9.32. The number of carboxylic acid groups (broad SMARTS) is 1. The topological polar surface area (TPSA) is 66.8 Å². The summed E-state index contributed by atoms with van der Waals surface area (Å²) >= 11 is 0. The van der Waals surface area contributed by atoms with Crippen LogP contribution in [-0.4, -0.2) is 65.1 Å². The van der Waals surface area contributed by atoms with E-state index in [1.807, 2.05) is 0 Å². The van der Waals surface area contributed by atoms with Crippen molar-refractivity contribution in [2.45, 2.75) is 139 Å². The minimum atomic E-state index is -1.12. The summed E-state index contributed by atoms with van der Waals surface area (Å²) in [5, 5.41) is 9.60. The molecule has 0 unspecified atom stereocenters. The number of nitrogens with zero attached hydrogens (tertiary/aromatic N) is 1. The van der Waals surface area contributed by atoms with Crippen LogP contribution in [0.25, 0.3) is 0 Å². The lowest BCUT2D eigenvalue weighted by Gasteiger charge is -2.73. The number of aliphatic carboxylic acids is 1. The maximum Gasteiger partial charge on any atom is 0.309 e. The number of hydrogen-bond donors (Lipinski definition) is 1. The molecule has 0 aromatic rings. The Hall–Kier alpha value is -1.14. The molecule has 5 aliphatic carbocycles. The minimum Gasteiger partial charge on any atom is -0.481 e. The van der Waals surface area contributed by atoms with Gasteiger partial charge in [0, 0.05) is 30.0 Å². The van der Waals surface area contributed by atoms with E-state index < -0.39 is 11.4 Å². The van der Waals surface area contributed by atoms with E-state index in [0.29, 0.717) is 44.5 Å². The molecule has 1 aliphatic heterocycles. The molecule has 1 heterocycles. The zero-order valence-electron chi connectivity index (χ0n) is 31.9. The van der Waals surface area contributed by atoms with Gasteiger partial charge >= 0.3 is 11.9 Å². The molecule has 0 aromatic carbocycles. The summed E-state index contributed by atoms with van der Waals surface area (Å²) in [5.74, 6) is 9.01. The van der Waals surface area contributed by atoms with Crippen molar-refractivity contribution in [1.82, 2.24) is 4.90 Å². The van der Waals surface area contributed by atoms with Crippen LogP contribution in [0.5, 0.6) is 0 Å². The third-order valence-electron chi connectivity index (χ3n) is 16.9. The highest BCUT2D eigenvalue weighted by Crippen LogP contribution is 2.78. The predicted molar refractivity (Wildman–Crippen MR) is 200 cm³/mol. The van der Waals surface area contributed by atoms with E-state index in [2.05, 4.69) is 58.9 Å². The molecular weight excluding hydrogens is 615 g/mol. The van der Waals surface area contributed by atoms with E-state index in [1.165, 1.54) is 94.5 Å². The first-order valence-electron chi connectivity index (χ1n) is 19.6. The van der Waals surface area contributed by atoms with E-state index in [4.69, 9.17) is 4.74 Å². The Balaban J connectivity index is 1.23. The number of carboxylic acids is 1. The van der Waals surface area contributed by atoms with Crippen molar-refractivity contribution in [3.05, 3.63) is 12.2 Å². The molecule has 6 fully saturated rings. The van der Waals surface area contributed by atoms with Crippen LogP contribution in [0.4, 0.5) is 0 Å². The van der Waals surface area contributed by atoms with Gasteiger partial charge in [0.2, 0.25) is 0 Å². The molecule has 5 saturated carbocycles. The fourth-order valence-electron chi connectivity index (χ4n) is 13.9. The summed E-state index contributed by atoms with van der Waals surface area (Å²) in [7, 11) is 0.375. The molecule has 0 amide bonds. The first-order valence-corrected chi connectivity index (χ1v) is 21.3. The summed E-state index contributed by atoms with van der Waals surface area (Å²) in [4.78, 5) is 27.6. The fraction of sp³-hybridized carbons (Fsp3) is 0.881. The Morgan fingerprint density at radius 1 is 0.896 bits per heavy atom. The summed E-state index contributed by atoms with van der Waals surface area (Å²) < 4.78 is 6.20. The molecule has 0 bridgehead atoms. The number of allylic oxidation sites excluding steroid dienone is 1. The Bertz CT molecular complexity index is 1310. The lowest BCUT2D eigenvalue weighted by molar-refractivity contribution is -0.250. The van der Waals surface area contributed by atoms with Crippen LogP contribution < -0.4 is 0 Å². The Morgan fingerprint density at radius 3 is 2.23 bits per heavy atom. The molecule has 6 heteroatoms. The summed E-state index contributed by atoms with van der Waals surface area (Å²) in [5.41, 5.74) is 1.50. The number of ether oxygens (including phenoxy) is 1. The van der Waals surface area contributed by atoms with Gasteiger partial charge in [0.05, 0.1) is 11.8 Å². The number of carbonyl (C=O) groups excluding carboxylic acids is 1. The van der Waals surface area contributed by atoms with Crippen molar-refractivity contribution in [3.63, 3.8) is 0 Å². The summed E-state index contributed by atoms with van der Waals surface area (Å²) in [6.45, 7) is 26.7. The fourth-order valence-corrected chi connectivity index (χ4v) is 15.1. The molecule has 10 atom stereocenters. The van der Waals surface area contributed by atoms with Gasteiger partial charge in [-0.2, -0.15) is 10.5 Å². The predicted octanol–water partition coefficient (Wildman–Crippen LogP) is 9.46. The average Bonchev–Trinajstić information content (AvgIpc) is 3.39. The number of carbonyl (C=O) groups is 2. The quantitative estimate of drug-likeness (QED) is 0.157. The normalized spacial score (nSPS) is 44.5. The van der Waals surface area contributed by atoms with E-state index in [9.17, 15) is 14.7 Å². The second-order valence-corrected chi connectivity index (χ2v) is 21.9. The molecule has 6 rings (SSSR count). The molecule has 272 valence electrons. The Labute approximate surface area is 295 Å². The first-order chi connectivity index (χ1) is 22.3. The van der Waals surface area contributed by atoms with Gasteiger partial charge in [0.1, 0.15) is 6.10 Å². The molecule has 5 nitrogen and oxygen atoms in total. The van der Waals surface area contributed by atoms with E-state index >= 15 is 0 Å². The van der Waals surface area contributed by atoms with Gasteiger partial charge in [-0.1, -0.05) is 52.6 Å². The molecule has 6 aliphatic rings. The van der Waals surface area contributed by atoms with Crippen molar-refractivity contribution < 1.29 is 19.4 Å². The number of rotatable bonds is 8. The third kappa shape index (κ3) is 5.72. The largest absolute Gasteiger partial charge is 0.481 e. The third-order valence-corrected chi connectivity index (χ3v) is 18.5. The van der Waals surface area contributed by atoms with Crippen LogP contribution >= 0.6 is 10.5 Å². The SMILES string of the molecule is C=C(C)[C@@H]1CC[C@]2(CCN3CCS(=C)CC3)CC[C@]3(C)[C@H](CC[C@@H]4[C@@]5(C)CC[C@H](OC(=O)CC(C)(C)C(=O)O)C(C)(C)[C@@H]5CC[C@]43C)[C@@H]12. The zero-order valence-corrected chi connectivity index (χ0v) is 32.7. The first kappa shape index (κ1) is 36.6. The summed E-state index contributed by atoms with van der Waals surface area (Å²) in [6, 6.07) is 0. The molecule has 48 heavy (non-hydrogen) atoms. The zero-order chi connectivity index (χ0) is 35.1. The van der Waals surface area contributed by atoms with Crippen molar-refractivity contribution in [2.75, 3.05) is 31.1 Å². The molecule has 0 spiro atoms.